The smallest absolute Gasteiger partial charge is 0.407 e. The minimum absolute atomic E-state index is 0.0727. The number of hydrogen-bond acceptors (Lipinski definition) is 9. The number of benzene rings is 3. The molecule has 11 atom stereocenters. The zero-order valence-corrected chi connectivity index (χ0v) is 46.7. The highest BCUT2D eigenvalue weighted by Gasteiger charge is 2.59. The number of nitrogens with one attached hydrogen (secondary N) is 1. The summed E-state index contributed by atoms with van der Waals surface area (Å²) in [6, 6.07) is 24.8. The van der Waals surface area contributed by atoms with E-state index in [0.29, 0.717) is 48.6 Å². The summed E-state index contributed by atoms with van der Waals surface area (Å²) in [5.74, 6) is 3.90. The summed E-state index contributed by atoms with van der Waals surface area (Å²) >= 11 is 0. The number of methoxy groups -OCH3 is 2. The number of aliphatic hydroxyl groups is 1. The highest BCUT2D eigenvalue weighted by atomic mass is 16.6. The van der Waals surface area contributed by atoms with E-state index in [-0.39, 0.29) is 55.9 Å². The SMILES string of the molecule is COc1ccc(C(c2ccccc2)(c2ccc(OC)cc2)C(O)C2CN(C(=O)CCCCCNC(=O)OC3CC[C@@]4(C)C(=CCC5C4CC[C@@]4(C)C5CC[C@@H]4C(C)CCCC(C)C)C3)CC2OC(=O)CCC(N)=O)cc1. The molecule has 1 heterocycles. The maximum absolute atomic E-state index is 14.1. The van der Waals surface area contributed by atoms with Crippen LogP contribution in [0.25, 0.3) is 0 Å². The average Bonchev–Trinajstić information content (AvgIpc) is 4.16. The average molecular weight is 1040 g/mol. The molecule has 3 amide bonds. The molecule has 12 heteroatoms. The van der Waals surface area contributed by atoms with Gasteiger partial charge in [-0.05, 0) is 145 Å². The van der Waals surface area contributed by atoms with Gasteiger partial charge in [-0.15, -0.1) is 0 Å². The number of fused-ring (bicyclic) bond motifs is 5. The van der Waals surface area contributed by atoms with Crippen molar-refractivity contribution >= 4 is 23.9 Å². The van der Waals surface area contributed by atoms with Crippen molar-refractivity contribution in [2.75, 3.05) is 33.9 Å². The first kappa shape index (κ1) is 56.8. The van der Waals surface area contributed by atoms with Crippen LogP contribution in [0.5, 0.6) is 11.5 Å². The maximum Gasteiger partial charge on any atom is 0.407 e. The molecule has 1 aliphatic heterocycles. The van der Waals surface area contributed by atoms with Crippen molar-refractivity contribution in [3.63, 3.8) is 0 Å². The predicted octanol–water partition coefficient (Wildman–Crippen LogP) is 11.7. The Labute approximate surface area is 453 Å². The minimum Gasteiger partial charge on any atom is -0.497 e. The Morgan fingerprint density at radius 2 is 1.42 bits per heavy atom. The van der Waals surface area contributed by atoms with E-state index in [0.717, 1.165) is 65.5 Å². The van der Waals surface area contributed by atoms with E-state index in [1.54, 1.807) is 19.1 Å². The number of likely N-dealkylation sites (tertiary alicyclic amines) is 1. The number of hydrogen-bond donors (Lipinski definition) is 3. The molecule has 3 aromatic rings. The lowest BCUT2D eigenvalue weighted by atomic mass is 9.47. The van der Waals surface area contributed by atoms with Gasteiger partial charge in [-0.3, -0.25) is 14.4 Å². The number of carbonyl (C=O) groups excluding carboxylic acids is 4. The Bertz CT molecular complexity index is 2410. The highest BCUT2D eigenvalue weighted by Crippen LogP contribution is 2.67. The van der Waals surface area contributed by atoms with Crippen molar-refractivity contribution in [2.45, 2.75) is 167 Å². The first-order valence-electron chi connectivity index (χ1n) is 28.9. The number of unbranched alkanes of at least 4 members (excludes halogenated alkanes) is 2. The molecule has 0 radical (unpaired) electrons. The van der Waals surface area contributed by atoms with E-state index >= 15 is 0 Å². The van der Waals surface area contributed by atoms with Gasteiger partial charge >= 0.3 is 12.1 Å². The minimum atomic E-state index is -1.23. The van der Waals surface area contributed by atoms with E-state index < -0.39 is 35.4 Å². The van der Waals surface area contributed by atoms with Crippen LogP contribution in [0.15, 0.2) is 90.5 Å². The molecule has 3 saturated carbocycles. The van der Waals surface area contributed by atoms with Gasteiger partial charge in [0.05, 0.1) is 38.7 Å². The van der Waals surface area contributed by atoms with E-state index in [2.05, 4.69) is 46.0 Å². The van der Waals surface area contributed by atoms with E-state index in [9.17, 15) is 24.3 Å². The Balaban J connectivity index is 0.856. The summed E-state index contributed by atoms with van der Waals surface area (Å²) in [7, 11) is 3.20. The third-order valence-electron chi connectivity index (χ3n) is 19.6. The molecule has 0 aromatic heterocycles. The summed E-state index contributed by atoms with van der Waals surface area (Å²) in [5, 5.41) is 16.2. The molecule has 12 nitrogen and oxygen atoms in total. The fourth-order valence-corrected chi connectivity index (χ4v) is 15.5. The van der Waals surface area contributed by atoms with E-state index in [4.69, 9.17) is 24.7 Å². The zero-order chi connectivity index (χ0) is 54.2. The first-order chi connectivity index (χ1) is 36.5. The van der Waals surface area contributed by atoms with Crippen LogP contribution in [0.1, 0.15) is 160 Å². The lowest BCUT2D eigenvalue weighted by Crippen LogP contribution is -2.51. The van der Waals surface area contributed by atoms with Crippen LogP contribution < -0.4 is 20.5 Å². The number of nitrogens with two attached hydrogens (primary N) is 1. The number of primary amides is 1. The second-order valence-corrected chi connectivity index (χ2v) is 24.3. The van der Waals surface area contributed by atoms with Gasteiger partial charge in [0.2, 0.25) is 11.8 Å². The van der Waals surface area contributed by atoms with Gasteiger partial charge in [0.25, 0.3) is 0 Å². The van der Waals surface area contributed by atoms with Crippen molar-refractivity contribution in [1.82, 2.24) is 10.2 Å². The van der Waals surface area contributed by atoms with Gasteiger partial charge in [-0.2, -0.15) is 0 Å². The molecule has 3 aromatic carbocycles. The maximum atomic E-state index is 14.1. The normalized spacial score (nSPS) is 27.8. The van der Waals surface area contributed by atoms with Crippen LogP contribution >= 0.6 is 0 Å². The zero-order valence-electron chi connectivity index (χ0n) is 46.7. The van der Waals surface area contributed by atoms with Crippen LogP contribution in [0.4, 0.5) is 4.79 Å². The number of ether oxygens (including phenoxy) is 4. The second kappa shape index (κ2) is 25.0. The molecule has 0 spiro atoms. The number of allylic oxidation sites excluding steroid dienone is 1. The lowest BCUT2D eigenvalue weighted by molar-refractivity contribution is -0.153. The second-order valence-electron chi connectivity index (χ2n) is 24.3. The van der Waals surface area contributed by atoms with Crippen LogP contribution in [-0.4, -0.2) is 86.0 Å². The molecule has 5 aliphatic rings. The van der Waals surface area contributed by atoms with Gasteiger partial charge in [0, 0.05) is 38.3 Å². The third-order valence-corrected chi connectivity index (χ3v) is 19.6. The van der Waals surface area contributed by atoms with Gasteiger partial charge in [0.15, 0.2) is 0 Å². The monoisotopic (exact) mass is 1040 g/mol. The molecule has 4 N–H and O–H groups in total. The Hall–Kier alpha value is -5.36. The summed E-state index contributed by atoms with van der Waals surface area (Å²) in [6.07, 6.45) is 15.2. The number of amides is 3. The molecule has 4 fully saturated rings. The van der Waals surface area contributed by atoms with Crippen LogP contribution in [-0.2, 0) is 29.3 Å². The van der Waals surface area contributed by atoms with Crippen molar-refractivity contribution in [2.24, 2.45) is 58.0 Å². The van der Waals surface area contributed by atoms with Crippen LogP contribution in [0.3, 0.4) is 0 Å². The largest absolute Gasteiger partial charge is 0.497 e. The number of rotatable bonds is 23. The molecule has 4 aliphatic carbocycles. The topological polar surface area (TPSA) is 167 Å². The van der Waals surface area contributed by atoms with Crippen LogP contribution in [0, 0.1) is 52.3 Å². The number of aliphatic hydroxyl groups excluding tert-OH is 1. The predicted molar refractivity (Wildman–Crippen MR) is 296 cm³/mol. The summed E-state index contributed by atoms with van der Waals surface area (Å²) in [4.78, 5) is 54.0. The summed E-state index contributed by atoms with van der Waals surface area (Å²) < 4.78 is 23.2. The number of nitrogens with zero attached hydrogens (tertiary/aromatic N) is 1. The molecular formula is C64H89N3O9. The van der Waals surface area contributed by atoms with Crippen molar-refractivity contribution in [3.05, 3.63) is 107 Å². The van der Waals surface area contributed by atoms with Gasteiger partial charge < -0.3 is 40.0 Å². The molecule has 414 valence electrons. The molecule has 0 bridgehead atoms. The third kappa shape index (κ3) is 12.2. The molecular weight excluding hydrogens is 955 g/mol. The van der Waals surface area contributed by atoms with Gasteiger partial charge in [-0.1, -0.05) is 127 Å². The quantitative estimate of drug-likeness (QED) is 0.0362. The molecule has 8 rings (SSSR count). The molecule has 1 saturated heterocycles. The number of alkyl carbamates (subject to hydrolysis) is 1. The Kier molecular flexibility index (Phi) is 18.7. The van der Waals surface area contributed by atoms with Gasteiger partial charge in [0.1, 0.15) is 23.7 Å². The number of carbonyl (C=O) groups is 4. The standard InChI is InChI=1S/C64H89N3O9/c1-42(2)15-14-16-43(3)53-30-31-54-51-29-24-47-39-50(34-36-62(47,4)55(51)35-37-63(53,54)5)75-61(72)66-38-13-9-12-19-58(69)67-40-52(56(41-67)76-59(70)33-32-57(65)68)60(71)64(44-17-10-8-11-18-44,45-20-25-48(73-6)26-21-45)46-22-27-49(74-7)28-23-46/h8,10-11,17-18,20-28,42-43,50-56,60,71H,9,12-16,19,29-41H2,1-7H3,(H2,65,68)(H,66,72)/t43?,50?,51?,52?,53-,54?,55?,56?,60?,62+,63-/m1/s1. The molecule has 76 heavy (non-hydrogen) atoms. The van der Waals surface area contributed by atoms with Crippen LogP contribution in [0.2, 0.25) is 0 Å². The fourth-order valence-electron chi connectivity index (χ4n) is 15.5. The van der Waals surface area contributed by atoms with Gasteiger partial charge in [-0.25, -0.2) is 4.79 Å². The lowest BCUT2D eigenvalue weighted by Gasteiger charge is -2.58. The molecule has 8 unspecified atom stereocenters. The number of esters is 1. The first-order valence-corrected chi connectivity index (χ1v) is 28.9. The Morgan fingerprint density at radius 3 is 2.07 bits per heavy atom. The Morgan fingerprint density at radius 1 is 0.750 bits per heavy atom. The van der Waals surface area contributed by atoms with E-state index in [1.807, 2.05) is 78.9 Å². The fraction of sp³-hybridized carbons (Fsp3) is 0.625. The van der Waals surface area contributed by atoms with Crippen molar-refractivity contribution in [3.8, 4) is 11.5 Å². The van der Waals surface area contributed by atoms with Crippen molar-refractivity contribution < 1.29 is 43.2 Å². The summed E-state index contributed by atoms with van der Waals surface area (Å²) in [5.41, 5.74) is 8.67. The van der Waals surface area contributed by atoms with E-state index in [1.165, 1.54) is 56.9 Å². The summed E-state index contributed by atoms with van der Waals surface area (Å²) in [6.45, 7) is 13.1. The highest BCUT2D eigenvalue weighted by molar-refractivity contribution is 5.80. The van der Waals surface area contributed by atoms with Crippen molar-refractivity contribution in [1.29, 1.82) is 0 Å².